The van der Waals surface area contributed by atoms with Gasteiger partial charge in [-0.05, 0) is 29.8 Å². The molecule has 0 unspecified atom stereocenters. The maximum atomic E-state index is 6.02. The van der Waals surface area contributed by atoms with Crippen LogP contribution in [0.1, 0.15) is 11.4 Å². The molecule has 2 aromatic heterocycles. The number of aromatic nitrogens is 5. The van der Waals surface area contributed by atoms with Gasteiger partial charge in [0.05, 0.1) is 5.69 Å². The molecule has 7 heteroatoms. The van der Waals surface area contributed by atoms with Gasteiger partial charge in [0.2, 0.25) is 0 Å². The Hall–Kier alpha value is -1.01. The molecule has 2 aromatic rings. The summed E-state index contributed by atoms with van der Waals surface area (Å²) in [6.45, 7) is 3.67. The number of hydrogen-bond acceptors (Lipinski definition) is 4. The van der Waals surface area contributed by atoms with Crippen molar-refractivity contribution in [1.29, 1.82) is 0 Å². The topological polar surface area (TPSA) is 56.5 Å². The summed E-state index contributed by atoms with van der Waals surface area (Å²) in [6.07, 6.45) is 0. The molecule has 0 atom stereocenters. The fourth-order valence-electron chi connectivity index (χ4n) is 1.41. The fraction of sp³-hybridized carbons (Fsp3) is 0.333. The van der Waals surface area contributed by atoms with Gasteiger partial charge < -0.3 is 0 Å². The summed E-state index contributed by atoms with van der Waals surface area (Å²) in [6, 6.07) is 0. The second kappa shape index (κ2) is 4.10. The van der Waals surface area contributed by atoms with Crippen LogP contribution in [-0.4, -0.2) is 25.0 Å². The van der Waals surface area contributed by atoms with Crippen molar-refractivity contribution in [2.24, 2.45) is 7.05 Å². The Morgan fingerprint density at radius 2 is 1.94 bits per heavy atom. The molecule has 0 aliphatic carbocycles. The number of rotatable bonds is 1. The Morgan fingerprint density at radius 3 is 2.50 bits per heavy atom. The SMILES string of the molecule is Cc1nc(Cl)c(C)c(-c2c(Br)nnn2C)n1. The highest BCUT2D eigenvalue weighted by molar-refractivity contribution is 9.10. The van der Waals surface area contributed by atoms with Crippen molar-refractivity contribution in [3.05, 3.63) is 21.1 Å². The van der Waals surface area contributed by atoms with E-state index in [9.17, 15) is 0 Å². The van der Waals surface area contributed by atoms with Gasteiger partial charge in [-0.1, -0.05) is 16.8 Å². The van der Waals surface area contributed by atoms with Crippen LogP contribution in [0.3, 0.4) is 0 Å². The van der Waals surface area contributed by atoms with E-state index in [2.05, 4.69) is 36.2 Å². The summed E-state index contributed by atoms with van der Waals surface area (Å²) in [5, 5.41) is 8.28. The molecule has 0 N–H and O–H groups in total. The van der Waals surface area contributed by atoms with Gasteiger partial charge in [-0.2, -0.15) is 0 Å². The van der Waals surface area contributed by atoms with E-state index in [1.54, 1.807) is 18.7 Å². The van der Waals surface area contributed by atoms with Crippen LogP contribution in [-0.2, 0) is 7.05 Å². The molecule has 0 aromatic carbocycles. The molecule has 0 aliphatic rings. The van der Waals surface area contributed by atoms with Crippen molar-refractivity contribution < 1.29 is 0 Å². The van der Waals surface area contributed by atoms with Gasteiger partial charge >= 0.3 is 0 Å². The highest BCUT2D eigenvalue weighted by Crippen LogP contribution is 2.29. The quantitative estimate of drug-likeness (QED) is 0.759. The van der Waals surface area contributed by atoms with E-state index in [0.717, 1.165) is 17.0 Å². The van der Waals surface area contributed by atoms with Gasteiger partial charge in [-0.15, -0.1) is 5.10 Å². The van der Waals surface area contributed by atoms with Crippen LogP contribution in [0.15, 0.2) is 4.60 Å². The average Bonchev–Trinajstić information content (AvgIpc) is 2.53. The lowest BCUT2D eigenvalue weighted by Gasteiger charge is -2.07. The van der Waals surface area contributed by atoms with E-state index < -0.39 is 0 Å². The molecule has 0 amide bonds. The number of aryl methyl sites for hydroxylation is 2. The Balaban J connectivity index is 2.74. The van der Waals surface area contributed by atoms with Crippen molar-refractivity contribution in [3.63, 3.8) is 0 Å². The minimum atomic E-state index is 0.454. The standard InChI is InChI=1S/C9H9BrClN5/c1-4-6(12-5(2)13-9(4)11)7-8(10)14-15-16(7)3/h1-3H3. The first-order chi connectivity index (χ1) is 7.50. The molecular formula is C9H9BrClN5. The second-order valence-electron chi connectivity index (χ2n) is 3.39. The third kappa shape index (κ3) is 1.82. The maximum Gasteiger partial charge on any atom is 0.157 e. The molecule has 0 fully saturated rings. The zero-order valence-electron chi connectivity index (χ0n) is 8.99. The van der Waals surface area contributed by atoms with Gasteiger partial charge in [-0.25, -0.2) is 14.6 Å². The Labute approximate surface area is 106 Å². The van der Waals surface area contributed by atoms with Crippen LogP contribution in [0, 0.1) is 13.8 Å². The Morgan fingerprint density at radius 1 is 1.25 bits per heavy atom. The largest absolute Gasteiger partial charge is 0.245 e. The maximum absolute atomic E-state index is 6.02. The van der Waals surface area contributed by atoms with Crippen LogP contribution in [0.25, 0.3) is 11.4 Å². The Bertz CT molecular complexity index is 532. The van der Waals surface area contributed by atoms with E-state index in [0.29, 0.717) is 15.6 Å². The first-order valence-electron chi connectivity index (χ1n) is 4.57. The first kappa shape index (κ1) is 11.5. The van der Waals surface area contributed by atoms with E-state index in [-0.39, 0.29) is 0 Å². The molecule has 0 radical (unpaired) electrons. The zero-order chi connectivity index (χ0) is 11.9. The summed E-state index contributed by atoms with van der Waals surface area (Å²) >= 11 is 9.36. The van der Waals surface area contributed by atoms with Crippen LogP contribution < -0.4 is 0 Å². The lowest BCUT2D eigenvalue weighted by atomic mass is 10.2. The fourth-order valence-corrected chi connectivity index (χ4v) is 2.13. The lowest BCUT2D eigenvalue weighted by molar-refractivity contribution is 0.717. The van der Waals surface area contributed by atoms with Crippen molar-refractivity contribution in [3.8, 4) is 11.4 Å². The van der Waals surface area contributed by atoms with Crippen LogP contribution in [0.2, 0.25) is 5.15 Å². The van der Waals surface area contributed by atoms with Gasteiger partial charge in [0.1, 0.15) is 16.7 Å². The van der Waals surface area contributed by atoms with E-state index >= 15 is 0 Å². The molecule has 0 aliphatic heterocycles. The number of nitrogens with zero attached hydrogens (tertiary/aromatic N) is 5. The van der Waals surface area contributed by atoms with E-state index in [4.69, 9.17) is 11.6 Å². The third-order valence-electron chi connectivity index (χ3n) is 2.21. The molecule has 0 spiro atoms. The summed E-state index contributed by atoms with van der Waals surface area (Å²) in [7, 11) is 1.80. The predicted octanol–water partition coefficient (Wildman–Crippen LogP) is 2.30. The van der Waals surface area contributed by atoms with Crippen LogP contribution in [0.4, 0.5) is 0 Å². The molecule has 0 saturated carbocycles. The average molecular weight is 303 g/mol. The summed E-state index contributed by atoms with van der Waals surface area (Å²) in [5.41, 5.74) is 2.36. The zero-order valence-corrected chi connectivity index (χ0v) is 11.3. The van der Waals surface area contributed by atoms with Crippen molar-refractivity contribution in [2.45, 2.75) is 13.8 Å². The molecule has 0 saturated heterocycles. The Kier molecular flexibility index (Phi) is 2.94. The summed E-state index contributed by atoms with van der Waals surface area (Å²) in [4.78, 5) is 8.46. The molecule has 84 valence electrons. The predicted molar refractivity (Wildman–Crippen MR) is 64.2 cm³/mol. The van der Waals surface area contributed by atoms with E-state index in [1.807, 2.05) is 6.92 Å². The summed E-state index contributed by atoms with van der Waals surface area (Å²) < 4.78 is 2.29. The molecule has 0 bridgehead atoms. The van der Waals surface area contributed by atoms with Gasteiger partial charge in [0, 0.05) is 12.6 Å². The lowest BCUT2D eigenvalue weighted by Crippen LogP contribution is -2.01. The van der Waals surface area contributed by atoms with Crippen molar-refractivity contribution in [1.82, 2.24) is 25.0 Å². The van der Waals surface area contributed by atoms with Crippen molar-refractivity contribution in [2.75, 3.05) is 0 Å². The van der Waals surface area contributed by atoms with E-state index in [1.165, 1.54) is 0 Å². The van der Waals surface area contributed by atoms with Crippen molar-refractivity contribution >= 4 is 27.5 Å². The van der Waals surface area contributed by atoms with Gasteiger partial charge in [-0.3, -0.25) is 0 Å². The number of hydrogen-bond donors (Lipinski definition) is 0. The van der Waals surface area contributed by atoms with Gasteiger partial charge in [0.25, 0.3) is 0 Å². The summed E-state index contributed by atoms with van der Waals surface area (Å²) in [5.74, 6) is 0.624. The van der Waals surface area contributed by atoms with Gasteiger partial charge in [0.15, 0.2) is 4.60 Å². The first-order valence-corrected chi connectivity index (χ1v) is 5.74. The van der Waals surface area contributed by atoms with Crippen LogP contribution >= 0.6 is 27.5 Å². The number of halogens is 2. The minimum Gasteiger partial charge on any atom is -0.245 e. The highest BCUT2D eigenvalue weighted by Gasteiger charge is 2.17. The smallest absolute Gasteiger partial charge is 0.157 e. The molecular weight excluding hydrogens is 293 g/mol. The normalized spacial score (nSPS) is 10.8. The molecule has 5 nitrogen and oxygen atoms in total. The molecule has 2 rings (SSSR count). The monoisotopic (exact) mass is 301 g/mol. The molecule has 16 heavy (non-hydrogen) atoms. The molecule has 2 heterocycles. The third-order valence-corrected chi connectivity index (χ3v) is 3.11. The second-order valence-corrected chi connectivity index (χ2v) is 4.50. The minimum absolute atomic E-state index is 0.454. The van der Waals surface area contributed by atoms with Crippen LogP contribution in [0.5, 0.6) is 0 Å². The highest BCUT2D eigenvalue weighted by atomic mass is 79.9.